The molecule has 0 aliphatic heterocycles. The van der Waals surface area contributed by atoms with Crippen LogP contribution in [0, 0.1) is 11.3 Å². The van der Waals surface area contributed by atoms with E-state index in [-0.39, 0.29) is 24.4 Å². The third kappa shape index (κ3) is 12.3. The molecule has 0 fully saturated rings. The molecule has 1 rings (SSSR count). The summed E-state index contributed by atoms with van der Waals surface area (Å²) >= 11 is 1.34. The second-order valence-corrected chi connectivity index (χ2v) is 10.7. The predicted octanol–water partition coefficient (Wildman–Crippen LogP) is 6.86. The number of unbranched alkanes of at least 4 members (excludes halogenated alkanes) is 4. The smallest absolute Gasteiger partial charge is 0.379 e. The highest BCUT2D eigenvalue weighted by Gasteiger charge is 2.56. The Kier molecular flexibility index (Phi) is 13.5. The van der Waals surface area contributed by atoms with Gasteiger partial charge >= 0.3 is 18.3 Å². The second kappa shape index (κ2) is 15.0. The van der Waals surface area contributed by atoms with Crippen molar-refractivity contribution in [1.82, 2.24) is 4.90 Å². The van der Waals surface area contributed by atoms with Crippen molar-refractivity contribution in [3.63, 3.8) is 0 Å². The Morgan fingerprint density at radius 2 is 1.59 bits per heavy atom. The van der Waals surface area contributed by atoms with Crippen molar-refractivity contribution >= 4 is 23.4 Å². The zero-order chi connectivity index (χ0) is 29.9. The van der Waals surface area contributed by atoms with Crippen LogP contribution in [-0.2, 0) is 11.0 Å². The number of alkyl halides is 8. The van der Waals surface area contributed by atoms with Crippen LogP contribution in [0.25, 0.3) is 0 Å². The molecule has 14 heteroatoms. The van der Waals surface area contributed by atoms with E-state index in [0.29, 0.717) is 18.4 Å². The number of thioether (sulfide) groups is 1. The minimum absolute atomic E-state index is 0.0781. The molecule has 1 aromatic rings. The van der Waals surface area contributed by atoms with Crippen LogP contribution >= 0.6 is 11.8 Å². The average Bonchev–Trinajstić information content (AvgIpc) is 2.80. The van der Waals surface area contributed by atoms with Crippen LogP contribution in [-0.4, -0.2) is 65.3 Å². The highest BCUT2D eigenvalue weighted by atomic mass is 32.2. The minimum atomic E-state index is -5.51. The molecule has 0 saturated heterocycles. The van der Waals surface area contributed by atoms with Crippen molar-refractivity contribution in [2.45, 2.75) is 75.7 Å². The predicted molar refractivity (Wildman–Crippen MR) is 134 cm³/mol. The molecule has 0 aliphatic rings. The summed E-state index contributed by atoms with van der Waals surface area (Å²) in [5.74, 6) is -4.65. The Morgan fingerprint density at radius 3 is 2.18 bits per heavy atom. The molecule has 222 valence electrons. The summed E-state index contributed by atoms with van der Waals surface area (Å²) in [6.45, 7) is 1.71. The van der Waals surface area contributed by atoms with Gasteiger partial charge < -0.3 is 15.3 Å². The largest absolute Gasteiger partial charge is 0.453 e. The third-order valence-electron chi connectivity index (χ3n) is 5.79. The fourth-order valence-corrected chi connectivity index (χ4v) is 4.61. The summed E-state index contributed by atoms with van der Waals surface area (Å²) in [4.78, 5) is 14.2. The topological polar surface area (TPSA) is 76.4 Å². The number of nitrogens with one attached hydrogen (secondary N) is 1. The number of hydrogen-bond donors (Lipinski definition) is 2. The number of hydrogen-bond acceptors (Lipinski definition) is 5. The van der Waals surface area contributed by atoms with Crippen LogP contribution in [0.4, 0.5) is 40.8 Å². The van der Waals surface area contributed by atoms with Crippen LogP contribution in [0.15, 0.2) is 18.2 Å². The number of carbonyl (C=O) groups is 1. The molecule has 0 bridgehead atoms. The number of rotatable bonds is 16. The highest BCUT2D eigenvalue weighted by molar-refractivity contribution is 7.99. The first-order chi connectivity index (χ1) is 17.9. The molecule has 1 unspecified atom stereocenters. The van der Waals surface area contributed by atoms with E-state index < -0.39 is 47.3 Å². The molecule has 0 aromatic heterocycles. The van der Waals surface area contributed by atoms with Crippen molar-refractivity contribution in [2.75, 3.05) is 37.0 Å². The molecular weight excluding hydrogens is 558 g/mol. The summed E-state index contributed by atoms with van der Waals surface area (Å²) < 4.78 is 101. The van der Waals surface area contributed by atoms with Gasteiger partial charge in [-0.25, -0.2) is 0 Å². The van der Waals surface area contributed by atoms with E-state index in [1.54, 1.807) is 11.9 Å². The van der Waals surface area contributed by atoms with Crippen molar-refractivity contribution < 1.29 is 45.0 Å². The molecule has 0 heterocycles. The highest BCUT2D eigenvalue weighted by Crippen LogP contribution is 2.39. The molecule has 39 heavy (non-hydrogen) atoms. The van der Waals surface area contributed by atoms with Gasteiger partial charge in [0.05, 0.1) is 17.2 Å². The molecule has 0 radical (unpaired) electrons. The van der Waals surface area contributed by atoms with Crippen LogP contribution in [0.3, 0.4) is 0 Å². The third-order valence-corrected chi connectivity index (χ3v) is 6.95. The van der Waals surface area contributed by atoms with Crippen molar-refractivity contribution in [2.24, 2.45) is 0 Å². The molecule has 0 saturated carbocycles. The lowest BCUT2D eigenvalue weighted by atomic mass is 10.0. The molecule has 2 N–H and O–H groups in total. The maximum atomic E-state index is 13.1. The molecule has 0 aliphatic carbocycles. The van der Waals surface area contributed by atoms with Crippen LogP contribution < -0.4 is 5.32 Å². The Morgan fingerprint density at radius 1 is 1.00 bits per heavy atom. The van der Waals surface area contributed by atoms with Crippen LogP contribution in [0.1, 0.15) is 63.0 Å². The lowest BCUT2D eigenvalue weighted by Crippen LogP contribution is -2.48. The first kappa shape index (κ1) is 34.9. The zero-order valence-electron chi connectivity index (χ0n) is 21.7. The van der Waals surface area contributed by atoms with Gasteiger partial charge in [-0.1, -0.05) is 19.3 Å². The van der Waals surface area contributed by atoms with Gasteiger partial charge in [0.1, 0.15) is 0 Å². The average molecular weight is 592 g/mol. The Bertz CT molecular complexity index is 962. The van der Waals surface area contributed by atoms with E-state index in [1.165, 1.54) is 24.8 Å². The maximum Gasteiger partial charge on any atom is 0.453 e. The lowest BCUT2D eigenvalue weighted by Gasteiger charge is -2.28. The van der Waals surface area contributed by atoms with E-state index in [2.05, 4.69) is 5.32 Å². The fourth-order valence-electron chi connectivity index (χ4n) is 3.65. The van der Waals surface area contributed by atoms with E-state index in [9.17, 15) is 45.0 Å². The van der Waals surface area contributed by atoms with Gasteiger partial charge in [-0.3, -0.25) is 4.79 Å². The van der Waals surface area contributed by atoms with E-state index in [4.69, 9.17) is 5.26 Å². The number of nitriles is 1. The zero-order valence-corrected chi connectivity index (χ0v) is 22.5. The summed E-state index contributed by atoms with van der Waals surface area (Å²) in [6, 6.07) is 4.18. The first-order valence-corrected chi connectivity index (χ1v) is 13.4. The van der Waals surface area contributed by atoms with Gasteiger partial charge in [-0.15, -0.1) is 0 Å². The standard InChI is InChI=1S/C25H33F8N3O2S/c1-22(38,21(37)35-19-10-9-18(16-34)20(15-19)24(28,29)30)17-36(2)12-6-4-3-5-7-13-39-14-8-11-23(26,27)25(31,32)33/h9-10,15,38H,3-8,11-14,17H2,1-2H3,(H,35,37). The van der Waals surface area contributed by atoms with E-state index in [0.717, 1.165) is 44.2 Å². The van der Waals surface area contributed by atoms with Crippen LogP contribution in [0.5, 0.6) is 0 Å². The van der Waals surface area contributed by atoms with Gasteiger partial charge in [0.2, 0.25) is 0 Å². The van der Waals surface area contributed by atoms with E-state index >= 15 is 0 Å². The summed E-state index contributed by atoms with van der Waals surface area (Å²) in [7, 11) is 1.68. The lowest BCUT2D eigenvalue weighted by molar-refractivity contribution is -0.284. The first-order valence-electron chi connectivity index (χ1n) is 12.3. The Balaban J connectivity index is 2.28. The number of likely N-dealkylation sites (N-methyl/N-ethyl adjacent to an activating group) is 1. The van der Waals surface area contributed by atoms with Crippen molar-refractivity contribution in [1.29, 1.82) is 5.26 Å². The fraction of sp³-hybridized carbons (Fsp3) is 0.680. The summed E-state index contributed by atoms with van der Waals surface area (Å²) in [6.07, 6.45) is -7.59. The second-order valence-electron chi connectivity index (χ2n) is 9.52. The molecule has 5 nitrogen and oxygen atoms in total. The Hall–Kier alpha value is -2.11. The quantitative estimate of drug-likeness (QED) is 0.162. The summed E-state index contributed by atoms with van der Waals surface area (Å²) in [5.41, 5.74) is -3.88. The minimum Gasteiger partial charge on any atom is -0.379 e. The molecule has 1 aromatic carbocycles. The monoisotopic (exact) mass is 591 g/mol. The number of anilines is 1. The van der Waals surface area contributed by atoms with E-state index in [1.807, 2.05) is 0 Å². The molecule has 0 spiro atoms. The van der Waals surface area contributed by atoms with Gasteiger partial charge in [0.25, 0.3) is 5.91 Å². The number of aliphatic hydroxyl groups is 1. The van der Waals surface area contributed by atoms with Crippen molar-refractivity contribution in [3.05, 3.63) is 29.3 Å². The van der Waals surface area contributed by atoms with Gasteiger partial charge in [0.15, 0.2) is 5.60 Å². The number of nitrogens with zero attached hydrogens (tertiary/aromatic N) is 2. The Labute approximate surface area is 226 Å². The van der Waals surface area contributed by atoms with Crippen molar-refractivity contribution in [3.8, 4) is 6.07 Å². The number of carbonyl (C=O) groups excluding carboxylic acids is 1. The summed E-state index contributed by atoms with van der Waals surface area (Å²) in [5, 5.41) is 21.7. The van der Waals surface area contributed by atoms with Gasteiger partial charge in [0, 0.05) is 18.7 Å². The molecular formula is C25H33F8N3O2S. The number of benzene rings is 1. The maximum absolute atomic E-state index is 13.1. The van der Waals surface area contributed by atoms with Crippen LogP contribution in [0.2, 0.25) is 0 Å². The number of amides is 1. The van der Waals surface area contributed by atoms with Gasteiger partial charge in [-0.2, -0.15) is 52.1 Å². The molecule has 1 atom stereocenters. The molecule has 1 amide bonds. The van der Waals surface area contributed by atoms with Gasteiger partial charge in [-0.05, 0) is 69.5 Å². The SMILES string of the molecule is CN(CCCCCCCSCCCC(F)(F)C(F)(F)F)CC(C)(O)C(=O)Nc1ccc(C#N)c(C(F)(F)F)c1. The number of halogens is 8. The normalized spacial score (nSPS) is 14.2.